The Hall–Kier alpha value is -3.25. The molecule has 3 aromatic carbocycles. The summed E-state index contributed by atoms with van der Waals surface area (Å²) in [6, 6.07) is 26.4. The van der Waals surface area contributed by atoms with E-state index < -0.39 is 11.2 Å². The van der Waals surface area contributed by atoms with Crippen LogP contribution in [0.4, 0.5) is 0 Å². The molecule has 1 aromatic heterocycles. The highest BCUT2D eigenvalue weighted by molar-refractivity contribution is 9.10. The van der Waals surface area contributed by atoms with Crippen molar-refractivity contribution in [2.75, 3.05) is 0 Å². The molecule has 144 valence electrons. The molecule has 29 heavy (non-hydrogen) atoms. The van der Waals surface area contributed by atoms with Crippen LogP contribution in [-0.2, 0) is 13.1 Å². The van der Waals surface area contributed by atoms with Gasteiger partial charge in [-0.05, 0) is 17.2 Å². The second-order valence-electron chi connectivity index (χ2n) is 6.62. The van der Waals surface area contributed by atoms with Crippen LogP contribution in [0.2, 0.25) is 0 Å². The van der Waals surface area contributed by atoms with Crippen molar-refractivity contribution in [3.63, 3.8) is 0 Å². The van der Waals surface area contributed by atoms with E-state index >= 15 is 0 Å². The number of rotatable bonds is 5. The number of hydrogen-bond donors (Lipinski definition) is 0. The van der Waals surface area contributed by atoms with Crippen molar-refractivity contribution in [3.8, 4) is 11.3 Å². The molecule has 0 spiro atoms. The van der Waals surface area contributed by atoms with Gasteiger partial charge in [0.2, 0.25) is 0 Å². The van der Waals surface area contributed by atoms with Gasteiger partial charge in [-0.2, -0.15) is 5.10 Å². The van der Waals surface area contributed by atoms with Crippen LogP contribution < -0.4 is 11.2 Å². The zero-order chi connectivity index (χ0) is 20.2. The summed E-state index contributed by atoms with van der Waals surface area (Å²) < 4.78 is 3.45. The third-order valence-corrected chi connectivity index (χ3v) is 5.40. The first kappa shape index (κ1) is 19.1. The highest BCUT2D eigenvalue weighted by atomic mass is 79.9. The van der Waals surface area contributed by atoms with Gasteiger partial charge in [-0.25, -0.2) is 9.48 Å². The van der Waals surface area contributed by atoms with Gasteiger partial charge in [0.25, 0.3) is 5.56 Å². The topological polar surface area (TPSA) is 56.9 Å². The molecule has 5 nitrogen and oxygen atoms in total. The summed E-state index contributed by atoms with van der Waals surface area (Å²) >= 11 is 3.50. The number of aromatic nitrogens is 3. The van der Waals surface area contributed by atoms with Crippen molar-refractivity contribution < 1.29 is 0 Å². The average Bonchev–Trinajstić information content (AvgIpc) is 2.76. The molecule has 1 heterocycles. The van der Waals surface area contributed by atoms with Crippen molar-refractivity contribution in [2.45, 2.75) is 13.1 Å². The molecule has 0 bridgehead atoms. The fourth-order valence-electron chi connectivity index (χ4n) is 3.13. The lowest BCUT2D eigenvalue weighted by Gasteiger charge is -2.13. The van der Waals surface area contributed by atoms with Crippen molar-refractivity contribution in [1.82, 2.24) is 14.3 Å². The fraction of sp³-hybridized carbons (Fsp3) is 0.0870. The van der Waals surface area contributed by atoms with Crippen molar-refractivity contribution >= 4 is 15.9 Å². The van der Waals surface area contributed by atoms with Gasteiger partial charge in [0.05, 0.1) is 13.1 Å². The Balaban J connectivity index is 1.89. The molecule has 0 saturated carbocycles. The van der Waals surface area contributed by atoms with Gasteiger partial charge >= 0.3 is 5.69 Å². The Bertz CT molecular complexity index is 1250. The minimum atomic E-state index is -0.436. The molecule has 0 fully saturated rings. The summed E-state index contributed by atoms with van der Waals surface area (Å²) in [7, 11) is 0. The number of benzene rings is 3. The molecule has 4 rings (SSSR count). The van der Waals surface area contributed by atoms with Crippen LogP contribution in [-0.4, -0.2) is 14.3 Å². The Kier molecular flexibility index (Phi) is 5.53. The van der Waals surface area contributed by atoms with E-state index in [9.17, 15) is 9.59 Å². The van der Waals surface area contributed by atoms with Crippen LogP contribution in [0.25, 0.3) is 11.3 Å². The molecular weight excluding hydrogens is 430 g/mol. The summed E-state index contributed by atoms with van der Waals surface area (Å²) in [4.78, 5) is 26.3. The van der Waals surface area contributed by atoms with Crippen LogP contribution in [0.1, 0.15) is 11.1 Å². The van der Waals surface area contributed by atoms with Crippen LogP contribution in [0, 0.1) is 0 Å². The standard InChI is InChI=1S/C23H18BrN3O2/c24-20-14-8-7-13-19(20)16-26-22(28)21(18-11-5-2-6-12-18)25-27(23(26)29)15-17-9-3-1-4-10-17/h1-14H,15-16H2. The van der Waals surface area contributed by atoms with Gasteiger partial charge in [-0.15, -0.1) is 0 Å². The predicted molar refractivity (Wildman–Crippen MR) is 117 cm³/mol. The number of hydrogen-bond acceptors (Lipinski definition) is 3. The van der Waals surface area contributed by atoms with Crippen molar-refractivity contribution in [2.24, 2.45) is 0 Å². The zero-order valence-corrected chi connectivity index (χ0v) is 17.1. The van der Waals surface area contributed by atoms with Crippen LogP contribution in [0.15, 0.2) is 99.0 Å². The molecule has 0 unspecified atom stereocenters. The van der Waals surface area contributed by atoms with E-state index in [2.05, 4.69) is 21.0 Å². The van der Waals surface area contributed by atoms with Crippen LogP contribution in [0.3, 0.4) is 0 Å². The minimum Gasteiger partial charge on any atom is -0.267 e. The van der Waals surface area contributed by atoms with Gasteiger partial charge in [-0.1, -0.05) is 94.8 Å². The maximum Gasteiger partial charge on any atom is 0.348 e. The van der Waals surface area contributed by atoms with E-state index in [1.54, 1.807) is 0 Å². The Morgan fingerprint density at radius 2 is 1.38 bits per heavy atom. The van der Waals surface area contributed by atoms with E-state index in [-0.39, 0.29) is 18.8 Å². The molecule has 0 aliphatic rings. The quantitative estimate of drug-likeness (QED) is 0.465. The van der Waals surface area contributed by atoms with Gasteiger partial charge in [0, 0.05) is 10.0 Å². The number of halogens is 1. The molecule has 0 atom stereocenters. The summed E-state index contributed by atoms with van der Waals surface area (Å²) in [5, 5.41) is 4.42. The van der Waals surface area contributed by atoms with Gasteiger partial charge < -0.3 is 0 Å². The van der Waals surface area contributed by atoms with Crippen molar-refractivity contribution in [1.29, 1.82) is 0 Å². The fourth-order valence-corrected chi connectivity index (χ4v) is 3.54. The van der Waals surface area contributed by atoms with Gasteiger partial charge in [0.1, 0.15) is 0 Å². The predicted octanol–water partition coefficient (Wildman–Crippen LogP) is 3.93. The average molecular weight is 448 g/mol. The first-order valence-electron chi connectivity index (χ1n) is 9.18. The number of nitrogens with zero attached hydrogens (tertiary/aromatic N) is 3. The van der Waals surface area contributed by atoms with Gasteiger partial charge in [0.15, 0.2) is 5.69 Å². The molecule has 0 aliphatic heterocycles. The SMILES string of the molecule is O=c1c(-c2ccccc2)nn(Cc2ccccc2)c(=O)n1Cc1ccccc1Br. The van der Waals surface area contributed by atoms with E-state index in [1.165, 1.54) is 9.25 Å². The third kappa shape index (κ3) is 4.12. The molecular formula is C23H18BrN3O2. The monoisotopic (exact) mass is 447 g/mol. The molecule has 4 aromatic rings. The maximum atomic E-state index is 13.2. The Morgan fingerprint density at radius 3 is 2.07 bits per heavy atom. The lowest BCUT2D eigenvalue weighted by molar-refractivity contribution is 0.545. The molecule has 6 heteroatoms. The zero-order valence-electron chi connectivity index (χ0n) is 15.5. The second-order valence-corrected chi connectivity index (χ2v) is 7.48. The Morgan fingerprint density at radius 1 is 0.759 bits per heavy atom. The molecule has 0 N–H and O–H groups in total. The lowest BCUT2D eigenvalue weighted by Crippen LogP contribution is -2.42. The van der Waals surface area contributed by atoms with Crippen molar-refractivity contribution in [3.05, 3.63) is 121 Å². The van der Waals surface area contributed by atoms with E-state index in [4.69, 9.17) is 0 Å². The normalized spacial score (nSPS) is 10.8. The first-order valence-corrected chi connectivity index (χ1v) is 9.97. The van der Waals surface area contributed by atoms with Crippen LogP contribution >= 0.6 is 15.9 Å². The molecule has 0 amide bonds. The maximum absolute atomic E-state index is 13.2. The summed E-state index contributed by atoms with van der Waals surface area (Å²) in [5.74, 6) is 0. The molecule has 0 saturated heterocycles. The molecule has 0 radical (unpaired) electrons. The van der Waals surface area contributed by atoms with E-state index in [0.29, 0.717) is 5.56 Å². The molecule has 0 aliphatic carbocycles. The van der Waals surface area contributed by atoms with Gasteiger partial charge in [-0.3, -0.25) is 9.36 Å². The Labute approximate surface area is 176 Å². The van der Waals surface area contributed by atoms with Crippen LogP contribution in [0.5, 0.6) is 0 Å². The smallest absolute Gasteiger partial charge is 0.267 e. The van der Waals surface area contributed by atoms with E-state index in [0.717, 1.165) is 15.6 Å². The first-order chi connectivity index (χ1) is 14.1. The summed E-state index contributed by atoms with van der Waals surface area (Å²) in [6.07, 6.45) is 0. The largest absolute Gasteiger partial charge is 0.348 e. The summed E-state index contributed by atoms with van der Waals surface area (Å²) in [5.41, 5.74) is 1.89. The lowest BCUT2D eigenvalue weighted by atomic mass is 10.1. The minimum absolute atomic E-state index is 0.163. The van der Waals surface area contributed by atoms with E-state index in [1.807, 2.05) is 84.9 Å². The second kappa shape index (κ2) is 8.41. The highest BCUT2D eigenvalue weighted by Crippen LogP contribution is 2.17. The highest BCUT2D eigenvalue weighted by Gasteiger charge is 2.16. The third-order valence-electron chi connectivity index (χ3n) is 4.63. The summed E-state index contributed by atoms with van der Waals surface area (Å²) in [6.45, 7) is 0.450.